The van der Waals surface area contributed by atoms with Gasteiger partial charge in [-0.3, -0.25) is 0 Å². The van der Waals surface area contributed by atoms with Gasteiger partial charge in [0.05, 0.1) is 5.60 Å². The monoisotopic (exact) mass is 239 g/mol. The van der Waals surface area contributed by atoms with Crippen LogP contribution in [0.15, 0.2) is 0 Å². The van der Waals surface area contributed by atoms with Crippen LogP contribution in [0.1, 0.15) is 65.2 Å². The summed E-state index contributed by atoms with van der Waals surface area (Å²) in [5.41, 5.74) is 0.314. The summed E-state index contributed by atoms with van der Waals surface area (Å²) in [6.45, 7) is 6.65. The van der Waals surface area contributed by atoms with Crippen LogP contribution in [0.3, 0.4) is 0 Å². The molecule has 0 aromatic rings. The van der Waals surface area contributed by atoms with Crippen LogP contribution in [0.5, 0.6) is 0 Å². The quantitative estimate of drug-likeness (QED) is 0.741. The zero-order valence-electron chi connectivity index (χ0n) is 11.6. The molecule has 2 aliphatic rings. The van der Waals surface area contributed by atoms with Crippen molar-refractivity contribution in [3.63, 3.8) is 0 Å². The third kappa shape index (κ3) is 3.96. The van der Waals surface area contributed by atoms with E-state index < -0.39 is 0 Å². The Hall–Kier alpha value is -0.0800. The molecule has 1 unspecified atom stereocenters. The van der Waals surface area contributed by atoms with Gasteiger partial charge in [0, 0.05) is 12.6 Å². The standard InChI is InChI=1S/C15H29NO/c1-13(2)16-10-5-6-14-7-11-17-15(12-14)8-3-4-9-15/h13-14,16H,3-12H2,1-2H3. The summed E-state index contributed by atoms with van der Waals surface area (Å²) in [5.74, 6) is 0.927. The van der Waals surface area contributed by atoms with Crippen molar-refractivity contribution in [2.45, 2.75) is 76.9 Å². The first kappa shape index (κ1) is 13.4. The van der Waals surface area contributed by atoms with Crippen LogP contribution in [0, 0.1) is 5.92 Å². The Kier molecular flexibility index (Phi) is 4.87. The average Bonchev–Trinajstić information content (AvgIpc) is 2.73. The Balaban J connectivity index is 1.67. The fourth-order valence-corrected chi connectivity index (χ4v) is 3.52. The molecule has 17 heavy (non-hydrogen) atoms. The Morgan fingerprint density at radius 1 is 1.29 bits per heavy atom. The number of hydrogen-bond donors (Lipinski definition) is 1. The highest BCUT2D eigenvalue weighted by Gasteiger charge is 2.39. The molecule has 0 aromatic heterocycles. The van der Waals surface area contributed by atoms with Crippen LogP contribution in [-0.2, 0) is 4.74 Å². The van der Waals surface area contributed by atoms with Crippen LogP contribution in [0.4, 0.5) is 0 Å². The molecule has 1 aliphatic heterocycles. The van der Waals surface area contributed by atoms with Crippen molar-refractivity contribution in [3.05, 3.63) is 0 Å². The highest BCUT2D eigenvalue weighted by Crippen LogP contribution is 2.42. The SMILES string of the molecule is CC(C)NCCCC1CCOC2(CCCC2)C1. The maximum absolute atomic E-state index is 6.09. The maximum atomic E-state index is 6.09. The molecular weight excluding hydrogens is 210 g/mol. The van der Waals surface area contributed by atoms with E-state index in [9.17, 15) is 0 Å². The van der Waals surface area contributed by atoms with E-state index in [1.165, 1.54) is 57.9 Å². The van der Waals surface area contributed by atoms with E-state index >= 15 is 0 Å². The second-order valence-electron chi connectivity index (χ2n) is 6.35. The van der Waals surface area contributed by atoms with Crippen molar-refractivity contribution in [3.8, 4) is 0 Å². The largest absolute Gasteiger partial charge is 0.375 e. The van der Waals surface area contributed by atoms with Crippen molar-refractivity contribution in [2.24, 2.45) is 5.92 Å². The summed E-state index contributed by atoms with van der Waals surface area (Å²) in [6.07, 6.45) is 10.8. The molecule has 1 aliphatic carbocycles. The van der Waals surface area contributed by atoms with Crippen molar-refractivity contribution >= 4 is 0 Å². The lowest BCUT2D eigenvalue weighted by Crippen LogP contribution is -2.37. The van der Waals surface area contributed by atoms with Crippen molar-refractivity contribution < 1.29 is 4.74 Å². The van der Waals surface area contributed by atoms with Crippen molar-refractivity contribution in [1.82, 2.24) is 5.32 Å². The molecule has 1 N–H and O–H groups in total. The highest BCUT2D eigenvalue weighted by atomic mass is 16.5. The van der Waals surface area contributed by atoms with Gasteiger partial charge in [-0.2, -0.15) is 0 Å². The number of hydrogen-bond acceptors (Lipinski definition) is 2. The number of ether oxygens (including phenoxy) is 1. The van der Waals surface area contributed by atoms with Gasteiger partial charge >= 0.3 is 0 Å². The van der Waals surface area contributed by atoms with E-state index in [2.05, 4.69) is 19.2 Å². The molecule has 2 heteroatoms. The zero-order chi connectivity index (χ0) is 12.1. The van der Waals surface area contributed by atoms with E-state index in [1.54, 1.807) is 0 Å². The topological polar surface area (TPSA) is 21.3 Å². The van der Waals surface area contributed by atoms with Gasteiger partial charge in [0.25, 0.3) is 0 Å². The molecule has 2 rings (SSSR count). The van der Waals surface area contributed by atoms with Gasteiger partial charge < -0.3 is 10.1 Å². The van der Waals surface area contributed by atoms with Crippen LogP contribution >= 0.6 is 0 Å². The summed E-state index contributed by atoms with van der Waals surface area (Å²) in [4.78, 5) is 0. The molecular formula is C15H29NO. The third-order valence-electron chi connectivity index (χ3n) is 4.45. The molecule has 2 fully saturated rings. The third-order valence-corrected chi connectivity index (χ3v) is 4.45. The first-order valence-corrected chi connectivity index (χ1v) is 7.58. The van der Waals surface area contributed by atoms with E-state index in [4.69, 9.17) is 4.74 Å². The zero-order valence-corrected chi connectivity index (χ0v) is 11.6. The fraction of sp³-hybridized carbons (Fsp3) is 1.00. The molecule has 1 spiro atoms. The number of nitrogens with one attached hydrogen (secondary N) is 1. The summed E-state index contributed by atoms with van der Waals surface area (Å²) >= 11 is 0. The van der Waals surface area contributed by atoms with Gasteiger partial charge in [-0.1, -0.05) is 26.7 Å². The Morgan fingerprint density at radius 3 is 2.76 bits per heavy atom. The molecule has 1 heterocycles. The van der Waals surface area contributed by atoms with Gasteiger partial charge in [-0.05, 0) is 51.0 Å². The Bertz CT molecular complexity index is 221. The minimum Gasteiger partial charge on any atom is -0.375 e. The number of rotatable bonds is 5. The van der Waals surface area contributed by atoms with E-state index in [0.29, 0.717) is 11.6 Å². The van der Waals surface area contributed by atoms with Crippen molar-refractivity contribution in [1.29, 1.82) is 0 Å². The van der Waals surface area contributed by atoms with E-state index in [0.717, 1.165) is 12.5 Å². The minimum absolute atomic E-state index is 0.314. The summed E-state index contributed by atoms with van der Waals surface area (Å²) in [5, 5.41) is 3.51. The van der Waals surface area contributed by atoms with Gasteiger partial charge in [0.2, 0.25) is 0 Å². The van der Waals surface area contributed by atoms with Gasteiger partial charge in [0.1, 0.15) is 0 Å². The lowest BCUT2D eigenvalue weighted by atomic mass is 9.82. The summed E-state index contributed by atoms with van der Waals surface area (Å²) < 4.78 is 6.09. The van der Waals surface area contributed by atoms with Gasteiger partial charge in [-0.15, -0.1) is 0 Å². The Labute approximate surface area is 107 Å². The molecule has 1 saturated carbocycles. The lowest BCUT2D eigenvalue weighted by molar-refractivity contribution is -0.0938. The van der Waals surface area contributed by atoms with E-state index in [1.807, 2.05) is 0 Å². The first-order valence-electron chi connectivity index (χ1n) is 7.58. The predicted molar refractivity (Wildman–Crippen MR) is 72.2 cm³/mol. The molecule has 0 bridgehead atoms. The molecule has 0 aromatic carbocycles. The molecule has 0 amide bonds. The fourth-order valence-electron chi connectivity index (χ4n) is 3.52. The second-order valence-corrected chi connectivity index (χ2v) is 6.35. The molecule has 100 valence electrons. The van der Waals surface area contributed by atoms with Gasteiger partial charge in [-0.25, -0.2) is 0 Å². The van der Waals surface area contributed by atoms with Crippen LogP contribution in [-0.4, -0.2) is 24.8 Å². The summed E-state index contributed by atoms with van der Waals surface area (Å²) in [6, 6.07) is 0.630. The smallest absolute Gasteiger partial charge is 0.0685 e. The molecule has 1 saturated heterocycles. The average molecular weight is 239 g/mol. The minimum atomic E-state index is 0.314. The highest BCUT2D eigenvalue weighted by molar-refractivity contribution is 4.91. The predicted octanol–water partition coefficient (Wildman–Crippen LogP) is 3.50. The Morgan fingerprint density at radius 2 is 2.06 bits per heavy atom. The van der Waals surface area contributed by atoms with Crippen LogP contribution in [0.25, 0.3) is 0 Å². The van der Waals surface area contributed by atoms with E-state index in [-0.39, 0.29) is 0 Å². The van der Waals surface area contributed by atoms with Crippen LogP contribution < -0.4 is 5.32 Å². The molecule has 1 atom stereocenters. The first-order chi connectivity index (χ1) is 8.20. The lowest BCUT2D eigenvalue weighted by Gasteiger charge is -2.38. The maximum Gasteiger partial charge on any atom is 0.0685 e. The van der Waals surface area contributed by atoms with Crippen LogP contribution in [0.2, 0.25) is 0 Å². The molecule has 2 nitrogen and oxygen atoms in total. The molecule has 0 radical (unpaired) electrons. The second kappa shape index (κ2) is 6.19. The van der Waals surface area contributed by atoms with Crippen molar-refractivity contribution in [2.75, 3.05) is 13.2 Å². The normalized spacial score (nSPS) is 28.1. The van der Waals surface area contributed by atoms with Gasteiger partial charge in [0.15, 0.2) is 0 Å². The summed E-state index contributed by atoms with van der Waals surface area (Å²) in [7, 11) is 0.